The first-order valence-corrected chi connectivity index (χ1v) is 12.9. The number of carbonyl (C=O) groups excluding carboxylic acids is 4. The van der Waals surface area contributed by atoms with Crippen molar-refractivity contribution in [2.45, 2.75) is 70.5 Å². The number of carbonyl (C=O) groups is 4. The minimum absolute atomic E-state index is 0.0492. The minimum atomic E-state index is -0.658. The van der Waals surface area contributed by atoms with E-state index in [9.17, 15) is 19.2 Å². The van der Waals surface area contributed by atoms with Crippen molar-refractivity contribution in [3.63, 3.8) is 0 Å². The van der Waals surface area contributed by atoms with Gasteiger partial charge in [0.1, 0.15) is 12.1 Å². The number of hydrogen-bond donors (Lipinski definition) is 3. The summed E-state index contributed by atoms with van der Waals surface area (Å²) in [5.41, 5.74) is 1.72. The van der Waals surface area contributed by atoms with Crippen LogP contribution in [-0.2, 0) is 32.1 Å². The smallest absolute Gasteiger partial charge is 0.243 e. The van der Waals surface area contributed by atoms with Crippen LogP contribution < -0.4 is 10.6 Å². The number of benzene rings is 1. The molecule has 186 valence electrons. The van der Waals surface area contributed by atoms with Gasteiger partial charge in [0.05, 0.1) is 13.0 Å². The Hall–Kier alpha value is -2.55. The number of rotatable bonds is 6. The van der Waals surface area contributed by atoms with E-state index in [0.29, 0.717) is 38.9 Å². The van der Waals surface area contributed by atoms with Crippen molar-refractivity contribution in [1.82, 2.24) is 20.4 Å². The molecule has 1 fully saturated rings. The third kappa shape index (κ3) is 6.98. The van der Waals surface area contributed by atoms with Crippen molar-refractivity contribution in [1.29, 1.82) is 0 Å². The van der Waals surface area contributed by atoms with Crippen LogP contribution in [0.2, 0.25) is 0 Å². The van der Waals surface area contributed by atoms with Gasteiger partial charge in [-0.3, -0.25) is 19.2 Å². The topological polar surface area (TPSA) is 98.8 Å². The molecule has 2 heterocycles. The molecule has 2 atom stereocenters. The van der Waals surface area contributed by atoms with Crippen molar-refractivity contribution < 1.29 is 19.2 Å². The van der Waals surface area contributed by atoms with Crippen LogP contribution in [0.15, 0.2) is 24.3 Å². The lowest BCUT2D eigenvalue weighted by Gasteiger charge is -2.29. The normalized spacial score (nSPS) is 22.4. The van der Waals surface area contributed by atoms with Crippen LogP contribution in [0.4, 0.5) is 0 Å². The Morgan fingerprint density at radius 3 is 2.59 bits per heavy atom. The first-order chi connectivity index (χ1) is 16.4. The zero-order valence-electron chi connectivity index (χ0n) is 19.9. The molecule has 0 spiro atoms. The predicted molar refractivity (Wildman–Crippen MR) is 133 cm³/mol. The number of nitrogens with one attached hydrogen (secondary N) is 2. The summed E-state index contributed by atoms with van der Waals surface area (Å²) in [6.07, 6.45) is 4.67. The number of likely N-dealkylation sites (N-methyl/N-ethyl adjacent to an activating group) is 1. The van der Waals surface area contributed by atoms with E-state index in [1.807, 2.05) is 31.2 Å². The molecule has 1 aromatic rings. The Balaban J connectivity index is 1.85. The Labute approximate surface area is 207 Å². The SMILES string of the molecule is CCN1CC(=O)N2CCC[C@H]2C(=O)N[C@@H](CCCCCS)C(=O)NCc2cccc(c2)CC1=O. The summed E-state index contributed by atoms with van der Waals surface area (Å²) in [6.45, 7) is 3.01. The largest absolute Gasteiger partial charge is 0.350 e. The summed E-state index contributed by atoms with van der Waals surface area (Å²) in [4.78, 5) is 55.3. The maximum Gasteiger partial charge on any atom is 0.243 e. The van der Waals surface area contributed by atoms with Gasteiger partial charge in [0.15, 0.2) is 0 Å². The molecule has 4 amide bonds. The third-order valence-corrected chi connectivity index (χ3v) is 6.85. The van der Waals surface area contributed by atoms with Crippen LogP contribution in [0.1, 0.15) is 56.6 Å². The van der Waals surface area contributed by atoms with E-state index in [1.54, 1.807) is 9.80 Å². The second kappa shape index (κ2) is 12.8. The van der Waals surface area contributed by atoms with E-state index >= 15 is 0 Å². The van der Waals surface area contributed by atoms with Gasteiger partial charge >= 0.3 is 0 Å². The summed E-state index contributed by atoms with van der Waals surface area (Å²) >= 11 is 4.24. The lowest BCUT2D eigenvalue weighted by Crippen LogP contribution is -2.54. The number of unbranched alkanes of at least 4 members (excludes halogenated alkanes) is 2. The molecule has 0 saturated carbocycles. The van der Waals surface area contributed by atoms with Gasteiger partial charge < -0.3 is 20.4 Å². The van der Waals surface area contributed by atoms with E-state index < -0.39 is 12.1 Å². The van der Waals surface area contributed by atoms with Gasteiger partial charge in [0, 0.05) is 19.6 Å². The maximum atomic E-state index is 13.2. The van der Waals surface area contributed by atoms with E-state index in [4.69, 9.17) is 0 Å². The monoisotopic (exact) mass is 488 g/mol. The number of amides is 4. The molecule has 0 aromatic heterocycles. The van der Waals surface area contributed by atoms with Crippen molar-refractivity contribution in [2.75, 3.05) is 25.4 Å². The first kappa shape index (κ1) is 26.1. The fourth-order valence-electron chi connectivity index (χ4n) is 4.59. The van der Waals surface area contributed by atoms with Crippen LogP contribution in [-0.4, -0.2) is 70.9 Å². The zero-order chi connectivity index (χ0) is 24.5. The highest BCUT2D eigenvalue weighted by Crippen LogP contribution is 2.19. The van der Waals surface area contributed by atoms with Crippen LogP contribution >= 0.6 is 12.6 Å². The molecule has 2 aliphatic rings. The third-order valence-electron chi connectivity index (χ3n) is 6.53. The van der Waals surface area contributed by atoms with Crippen molar-refractivity contribution in [2.24, 2.45) is 0 Å². The molecular weight excluding hydrogens is 452 g/mol. The standard InChI is InChI=1S/C25H36N4O4S/c1-2-28-17-23(31)29-12-7-11-21(29)25(33)27-20(10-4-3-5-13-34)24(32)26-16-19-9-6-8-18(14-19)15-22(28)30/h6,8-9,14,20-21,34H,2-5,7,10-13,15-17H2,1H3,(H,26,32)(H,27,33)/t20-,21-/m0/s1. The highest BCUT2D eigenvalue weighted by Gasteiger charge is 2.36. The molecule has 2 bridgehead atoms. The van der Waals surface area contributed by atoms with Gasteiger partial charge in [-0.05, 0) is 49.5 Å². The van der Waals surface area contributed by atoms with Gasteiger partial charge in [-0.2, -0.15) is 12.6 Å². The van der Waals surface area contributed by atoms with Crippen molar-refractivity contribution >= 4 is 36.3 Å². The van der Waals surface area contributed by atoms with Gasteiger partial charge in [-0.15, -0.1) is 0 Å². The summed E-state index contributed by atoms with van der Waals surface area (Å²) in [7, 11) is 0. The average Bonchev–Trinajstić information content (AvgIpc) is 3.32. The van der Waals surface area contributed by atoms with Gasteiger partial charge in [-0.1, -0.05) is 37.1 Å². The molecular formula is C25H36N4O4S. The maximum absolute atomic E-state index is 13.2. The predicted octanol–water partition coefficient (Wildman–Crippen LogP) is 1.67. The van der Waals surface area contributed by atoms with Crippen LogP contribution in [0, 0.1) is 0 Å². The molecule has 0 unspecified atom stereocenters. The second-order valence-corrected chi connectivity index (χ2v) is 9.45. The van der Waals surface area contributed by atoms with Crippen LogP contribution in [0.3, 0.4) is 0 Å². The second-order valence-electron chi connectivity index (χ2n) is 9.00. The summed E-state index contributed by atoms with van der Waals surface area (Å²) in [6, 6.07) is 6.26. The Morgan fingerprint density at radius 2 is 1.82 bits per heavy atom. The highest BCUT2D eigenvalue weighted by molar-refractivity contribution is 7.80. The minimum Gasteiger partial charge on any atom is -0.350 e. The van der Waals surface area contributed by atoms with Crippen molar-refractivity contribution in [3.8, 4) is 0 Å². The van der Waals surface area contributed by atoms with Crippen LogP contribution in [0.25, 0.3) is 0 Å². The summed E-state index contributed by atoms with van der Waals surface area (Å²) in [5, 5.41) is 5.85. The molecule has 8 nitrogen and oxygen atoms in total. The van der Waals surface area contributed by atoms with Crippen LogP contribution in [0.5, 0.6) is 0 Å². The highest BCUT2D eigenvalue weighted by atomic mass is 32.1. The number of hydrogen-bond acceptors (Lipinski definition) is 5. The van der Waals surface area contributed by atoms with E-state index in [-0.39, 0.29) is 36.6 Å². The Bertz CT molecular complexity index is 893. The lowest BCUT2D eigenvalue weighted by atomic mass is 10.0. The quantitative estimate of drug-likeness (QED) is 0.419. The van der Waals surface area contributed by atoms with Gasteiger partial charge in [0.2, 0.25) is 23.6 Å². The molecule has 1 saturated heterocycles. The van der Waals surface area contributed by atoms with E-state index in [2.05, 4.69) is 23.3 Å². The number of nitrogens with zero attached hydrogens (tertiary/aromatic N) is 2. The molecule has 34 heavy (non-hydrogen) atoms. The fraction of sp³-hybridized carbons (Fsp3) is 0.600. The van der Waals surface area contributed by atoms with E-state index in [0.717, 1.165) is 36.1 Å². The van der Waals surface area contributed by atoms with Crippen molar-refractivity contribution in [3.05, 3.63) is 35.4 Å². The molecule has 0 aliphatic carbocycles. The fourth-order valence-corrected chi connectivity index (χ4v) is 4.81. The number of thiol groups is 1. The number of fused-ring (bicyclic) bond motifs is 3. The Morgan fingerprint density at radius 1 is 1.03 bits per heavy atom. The average molecular weight is 489 g/mol. The summed E-state index contributed by atoms with van der Waals surface area (Å²) in [5.74, 6) is -0.116. The molecule has 1 aromatic carbocycles. The lowest BCUT2D eigenvalue weighted by molar-refractivity contribution is -0.143. The Kier molecular flexibility index (Phi) is 9.80. The van der Waals surface area contributed by atoms with E-state index in [1.165, 1.54) is 0 Å². The first-order valence-electron chi connectivity index (χ1n) is 12.3. The van der Waals surface area contributed by atoms with Gasteiger partial charge in [-0.25, -0.2) is 0 Å². The molecule has 2 aliphatic heterocycles. The summed E-state index contributed by atoms with van der Waals surface area (Å²) < 4.78 is 0. The molecule has 0 radical (unpaired) electrons. The molecule has 9 heteroatoms. The van der Waals surface area contributed by atoms with Gasteiger partial charge in [0.25, 0.3) is 0 Å². The zero-order valence-corrected chi connectivity index (χ0v) is 20.8. The molecule has 3 rings (SSSR count). The molecule has 2 N–H and O–H groups in total.